The number of carbonyl (C=O) groups excluding carboxylic acids is 2. The number of nitrogens with one attached hydrogen (secondary N) is 1. The molecule has 0 aliphatic carbocycles. The normalized spacial score (nSPS) is 10.3. The average Bonchev–Trinajstić information content (AvgIpc) is 2.60. The predicted octanol–water partition coefficient (Wildman–Crippen LogP) is 2.78. The molecule has 5 heteroatoms. The number of amides is 2. The van der Waals surface area contributed by atoms with Gasteiger partial charge in [-0.25, -0.2) is 4.39 Å². The van der Waals surface area contributed by atoms with Gasteiger partial charge in [-0.15, -0.1) is 0 Å². The maximum absolute atomic E-state index is 12.9. The minimum atomic E-state index is -0.276. The van der Waals surface area contributed by atoms with E-state index in [2.05, 4.69) is 5.32 Å². The lowest BCUT2D eigenvalue weighted by Crippen LogP contribution is -2.26. The number of nitrogens with zero attached hydrogens (tertiary/aromatic N) is 1. The Hall–Kier alpha value is -2.69. The maximum Gasteiger partial charge on any atom is 0.251 e. The maximum atomic E-state index is 12.9. The van der Waals surface area contributed by atoms with E-state index < -0.39 is 0 Å². The number of halogens is 1. The fourth-order valence-corrected chi connectivity index (χ4v) is 2.36. The van der Waals surface area contributed by atoms with Crippen LogP contribution in [0.5, 0.6) is 0 Å². The molecule has 126 valence electrons. The molecule has 24 heavy (non-hydrogen) atoms. The summed E-state index contributed by atoms with van der Waals surface area (Å²) >= 11 is 0. The zero-order valence-electron chi connectivity index (χ0n) is 13.9. The van der Waals surface area contributed by atoms with Crippen LogP contribution in [-0.4, -0.2) is 30.8 Å². The highest BCUT2D eigenvalue weighted by atomic mass is 19.1. The highest BCUT2D eigenvalue weighted by molar-refractivity contribution is 5.93. The van der Waals surface area contributed by atoms with Gasteiger partial charge in [0.25, 0.3) is 5.91 Å². The summed E-state index contributed by atoms with van der Waals surface area (Å²) in [6, 6.07) is 13.4. The number of carbonyl (C=O) groups is 2. The third kappa shape index (κ3) is 4.91. The summed E-state index contributed by atoms with van der Waals surface area (Å²) in [5, 5.41) is 2.57. The van der Waals surface area contributed by atoms with Gasteiger partial charge < -0.3 is 10.2 Å². The van der Waals surface area contributed by atoms with Crippen molar-refractivity contribution in [3.05, 3.63) is 71.0 Å². The molecule has 0 aromatic heterocycles. The standard InChI is InChI=1S/C19H21FN2O2/c1-21-19(24)16-8-3-15(4-9-16)13-22(2)18(23)12-7-14-5-10-17(20)11-6-14/h3-6,8-11H,7,12-13H2,1-2H3,(H,21,24). The highest BCUT2D eigenvalue weighted by Crippen LogP contribution is 2.10. The fraction of sp³-hybridized carbons (Fsp3) is 0.263. The first-order valence-corrected chi connectivity index (χ1v) is 7.79. The molecule has 0 fully saturated rings. The predicted molar refractivity (Wildman–Crippen MR) is 91.0 cm³/mol. The van der Waals surface area contributed by atoms with Gasteiger partial charge in [0, 0.05) is 32.6 Å². The van der Waals surface area contributed by atoms with Crippen molar-refractivity contribution in [3.8, 4) is 0 Å². The molecule has 0 aliphatic rings. The van der Waals surface area contributed by atoms with Crippen LogP contribution in [0.25, 0.3) is 0 Å². The van der Waals surface area contributed by atoms with E-state index in [0.29, 0.717) is 24.9 Å². The fourth-order valence-electron chi connectivity index (χ4n) is 2.36. The van der Waals surface area contributed by atoms with E-state index in [4.69, 9.17) is 0 Å². The van der Waals surface area contributed by atoms with Gasteiger partial charge >= 0.3 is 0 Å². The first-order valence-electron chi connectivity index (χ1n) is 7.79. The second kappa shape index (κ2) is 8.24. The summed E-state index contributed by atoms with van der Waals surface area (Å²) in [5.41, 5.74) is 2.49. The van der Waals surface area contributed by atoms with Crippen molar-refractivity contribution in [1.82, 2.24) is 10.2 Å². The van der Waals surface area contributed by atoms with E-state index in [9.17, 15) is 14.0 Å². The van der Waals surface area contributed by atoms with E-state index >= 15 is 0 Å². The van der Waals surface area contributed by atoms with E-state index in [-0.39, 0.29) is 17.6 Å². The topological polar surface area (TPSA) is 49.4 Å². The van der Waals surface area contributed by atoms with Gasteiger partial charge in [0.05, 0.1) is 0 Å². The Kier molecular flexibility index (Phi) is 6.07. The zero-order chi connectivity index (χ0) is 17.5. The Balaban J connectivity index is 1.86. The van der Waals surface area contributed by atoms with Gasteiger partial charge in [-0.1, -0.05) is 24.3 Å². The van der Waals surface area contributed by atoms with Crippen LogP contribution in [0.1, 0.15) is 27.9 Å². The molecule has 0 atom stereocenters. The van der Waals surface area contributed by atoms with Crippen molar-refractivity contribution >= 4 is 11.8 Å². The van der Waals surface area contributed by atoms with E-state index in [1.54, 1.807) is 43.3 Å². The zero-order valence-corrected chi connectivity index (χ0v) is 13.9. The second-order valence-electron chi connectivity index (χ2n) is 5.65. The molecule has 0 unspecified atom stereocenters. The second-order valence-corrected chi connectivity index (χ2v) is 5.65. The molecule has 2 aromatic rings. The van der Waals surface area contributed by atoms with E-state index in [0.717, 1.165) is 11.1 Å². The van der Waals surface area contributed by atoms with Gasteiger partial charge in [0.1, 0.15) is 5.82 Å². The van der Waals surface area contributed by atoms with Crippen LogP contribution >= 0.6 is 0 Å². The lowest BCUT2D eigenvalue weighted by Gasteiger charge is -2.17. The summed E-state index contributed by atoms with van der Waals surface area (Å²) in [4.78, 5) is 25.3. The van der Waals surface area contributed by atoms with Crippen LogP contribution in [0.3, 0.4) is 0 Å². The highest BCUT2D eigenvalue weighted by Gasteiger charge is 2.10. The number of hydrogen-bond donors (Lipinski definition) is 1. The lowest BCUT2D eigenvalue weighted by molar-refractivity contribution is -0.130. The van der Waals surface area contributed by atoms with Crippen LogP contribution in [0.4, 0.5) is 4.39 Å². The molecule has 2 rings (SSSR count). The Bertz CT molecular complexity index is 696. The first-order chi connectivity index (χ1) is 11.5. The Morgan fingerprint density at radius 2 is 1.58 bits per heavy atom. The van der Waals surface area contributed by atoms with Gasteiger partial charge in [0.15, 0.2) is 0 Å². The van der Waals surface area contributed by atoms with Crippen LogP contribution in [0.2, 0.25) is 0 Å². The van der Waals surface area contributed by atoms with E-state index in [1.165, 1.54) is 12.1 Å². The van der Waals surface area contributed by atoms with Gasteiger partial charge in [-0.05, 0) is 41.8 Å². The number of aryl methyl sites for hydroxylation is 1. The molecule has 0 radical (unpaired) electrons. The number of rotatable bonds is 6. The van der Waals surface area contributed by atoms with Crippen molar-refractivity contribution in [2.45, 2.75) is 19.4 Å². The van der Waals surface area contributed by atoms with Crippen molar-refractivity contribution in [3.63, 3.8) is 0 Å². The molecule has 0 bridgehead atoms. The van der Waals surface area contributed by atoms with Gasteiger partial charge in [-0.3, -0.25) is 9.59 Å². The largest absolute Gasteiger partial charge is 0.355 e. The van der Waals surface area contributed by atoms with Crippen molar-refractivity contribution in [1.29, 1.82) is 0 Å². The minimum Gasteiger partial charge on any atom is -0.355 e. The number of hydrogen-bond acceptors (Lipinski definition) is 2. The van der Waals surface area contributed by atoms with Crippen LogP contribution in [-0.2, 0) is 17.8 Å². The molecule has 0 aliphatic heterocycles. The van der Waals surface area contributed by atoms with Gasteiger partial charge in [0.2, 0.25) is 5.91 Å². The van der Waals surface area contributed by atoms with Crippen molar-refractivity contribution < 1.29 is 14.0 Å². The third-order valence-electron chi connectivity index (χ3n) is 3.83. The van der Waals surface area contributed by atoms with Gasteiger partial charge in [-0.2, -0.15) is 0 Å². The summed E-state index contributed by atoms with van der Waals surface area (Å²) in [6.45, 7) is 0.482. The van der Waals surface area contributed by atoms with Crippen LogP contribution in [0.15, 0.2) is 48.5 Å². The molecular weight excluding hydrogens is 307 g/mol. The number of benzene rings is 2. The lowest BCUT2D eigenvalue weighted by atomic mass is 10.1. The Morgan fingerprint density at radius 3 is 2.17 bits per heavy atom. The average molecular weight is 328 g/mol. The molecule has 0 saturated heterocycles. The molecule has 4 nitrogen and oxygen atoms in total. The molecule has 2 amide bonds. The molecule has 2 aromatic carbocycles. The third-order valence-corrected chi connectivity index (χ3v) is 3.83. The van der Waals surface area contributed by atoms with Crippen molar-refractivity contribution in [2.24, 2.45) is 0 Å². The summed E-state index contributed by atoms with van der Waals surface area (Å²) < 4.78 is 12.9. The molecule has 1 N–H and O–H groups in total. The Morgan fingerprint density at radius 1 is 1.00 bits per heavy atom. The van der Waals surface area contributed by atoms with Crippen molar-refractivity contribution in [2.75, 3.05) is 14.1 Å². The van der Waals surface area contributed by atoms with Crippen LogP contribution < -0.4 is 5.32 Å². The summed E-state index contributed by atoms with van der Waals surface area (Å²) in [6.07, 6.45) is 0.956. The van der Waals surface area contributed by atoms with Crippen LogP contribution in [0, 0.1) is 5.82 Å². The van der Waals surface area contributed by atoms with E-state index in [1.807, 2.05) is 12.1 Å². The minimum absolute atomic E-state index is 0.0229. The SMILES string of the molecule is CNC(=O)c1ccc(CN(C)C(=O)CCc2ccc(F)cc2)cc1. The molecular formula is C19H21FN2O2. The molecule has 0 spiro atoms. The quantitative estimate of drug-likeness (QED) is 0.886. The first kappa shape index (κ1) is 17.7. The smallest absolute Gasteiger partial charge is 0.251 e. The molecule has 0 heterocycles. The summed E-state index contributed by atoms with van der Waals surface area (Å²) in [5.74, 6) is -0.387. The Labute approximate surface area is 141 Å². The monoisotopic (exact) mass is 328 g/mol. The molecule has 0 saturated carbocycles. The summed E-state index contributed by atoms with van der Waals surface area (Å²) in [7, 11) is 3.34.